The van der Waals surface area contributed by atoms with Crippen molar-refractivity contribution in [3.63, 3.8) is 0 Å². The van der Waals surface area contributed by atoms with Gasteiger partial charge in [-0.25, -0.2) is 18.4 Å². The molecule has 0 fully saturated rings. The van der Waals surface area contributed by atoms with E-state index in [0.717, 1.165) is 5.56 Å². The predicted octanol–water partition coefficient (Wildman–Crippen LogP) is 4.20. The molecular weight excluding hydrogens is 412 g/mol. The van der Waals surface area contributed by atoms with Gasteiger partial charge in [0.2, 0.25) is 0 Å². The maximum absolute atomic E-state index is 12.6. The van der Waals surface area contributed by atoms with Crippen molar-refractivity contribution in [1.29, 1.82) is 0 Å². The van der Waals surface area contributed by atoms with Crippen LogP contribution in [0.2, 0.25) is 0 Å². The minimum atomic E-state index is -3.75. The fourth-order valence-corrected chi connectivity index (χ4v) is 3.94. The van der Waals surface area contributed by atoms with E-state index < -0.39 is 15.9 Å². The summed E-state index contributed by atoms with van der Waals surface area (Å²) in [6.07, 6.45) is 3.05. The number of carbonyl (C=O) groups is 1. The summed E-state index contributed by atoms with van der Waals surface area (Å²) in [5.41, 5.74) is 1.88. The average Bonchev–Trinajstić information content (AvgIpc) is 2.81. The number of aromatic nitrogens is 2. The Morgan fingerprint density at radius 3 is 2.06 bits per heavy atom. The molecule has 154 valence electrons. The highest BCUT2D eigenvalue weighted by Crippen LogP contribution is 2.19. The summed E-state index contributed by atoms with van der Waals surface area (Å²) < 4.78 is 27.5. The van der Waals surface area contributed by atoms with Gasteiger partial charge < -0.3 is 5.32 Å². The van der Waals surface area contributed by atoms with E-state index in [4.69, 9.17) is 0 Å². The molecule has 0 atom stereocenters. The minimum absolute atomic E-state index is 0.139. The van der Waals surface area contributed by atoms with Crippen LogP contribution in [0.3, 0.4) is 0 Å². The van der Waals surface area contributed by atoms with Gasteiger partial charge in [0.25, 0.3) is 15.9 Å². The highest BCUT2D eigenvalue weighted by molar-refractivity contribution is 7.92. The number of nitrogens with zero attached hydrogens (tertiary/aromatic N) is 2. The van der Waals surface area contributed by atoms with E-state index in [1.807, 2.05) is 30.3 Å². The second kappa shape index (κ2) is 8.76. The van der Waals surface area contributed by atoms with E-state index in [0.29, 0.717) is 17.1 Å². The molecule has 31 heavy (non-hydrogen) atoms. The molecule has 1 heterocycles. The van der Waals surface area contributed by atoms with E-state index in [2.05, 4.69) is 20.0 Å². The number of amides is 1. The molecule has 2 N–H and O–H groups in total. The summed E-state index contributed by atoms with van der Waals surface area (Å²) in [4.78, 5) is 21.3. The fourth-order valence-electron chi connectivity index (χ4n) is 2.87. The maximum atomic E-state index is 12.6. The van der Waals surface area contributed by atoms with Gasteiger partial charge in [-0.05, 0) is 30.3 Å². The highest BCUT2D eigenvalue weighted by atomic mass is 32.2. The number of carbonyl (C=O) groups excluding carboxylic acids is 1. The summed E-state index contributed by atoms with van der Waals surface area (Å²) in [6.45, 7) is 0. The molecule has 0 aliphatic carbocycles. The predicted molar refractivity (Wildman–Crippen MR) is 119 cm³/mol. The zero-order valence-corrected chi connectivity index (χ0v) is 17.1. The molecule has 0 radical (unpaired) electrons. The maximum Gasteiger partial charge on any atom is 0.261 e. The lowest BCUT2D eigenvalue weighted by atomic mass is 10.2. The Labute approximate surface area is 179 Å². The molecule has 4 aromatic rings. The smallest absolute Gasteiger partial charge is 0.261 e. The van der Waals surface area contributed by atoms with Crippen LogP contribution in [-0.4, -0.2) is 24.3 Å². The lowest BCUT2D eigenvalue weighted by Gasteiger charge is -2.10. The van der Waals surface area contributed by atoms with Gasteiger partial charge in [-0.15, -0.1) is 0 Å². The molecule has 0 saturated carbocycles. The third-order valence-corrected chi connectivity index (χ3v) is 5.77. The molecule has 7 nitrogen and oxygen atoms in total. The molecule has 1 amide bonds. The highest BCUT2D eigenvalue weighted by Gasteiger charge is 2.15. The van der Waals surface area contributed by atoms with Crippen molar-refractivity contribution < 1.29 is 13.2 Å². The summed E-state index contributed by atoms with van der Waals surface area (Å²) in [7, 11) is -3.75. The molecule has 0 saturated heterocycles. The zero-order chi connectivity index (χ0) is 21.7. The third-order valence-electron chi connectivity index (χ3n) is 4.37. The van der Waals surface area contributed by atoms with Crippen LogP contribution in [0.25, 0.3) is 11.4 Å². The quantitative estimate of drug-likeness (QED) is 0.477. The average molecular weight is 430 g/mol. The van der Waals surface area contributed by atoms with Crippen LogP contribution < -0.4 is 10.0 Å². The summed E-state index contributed by atoms with van der Waals surface area (Å²) in [6, 6.07) is 23.8. The van der Waals surface area contributed by atoms with Crippen LogP contribution in [0.1, 0.15) is 10.4 Å². The van der Waals surface area contributed by atoms with E-state index in [1.165, 1.54) is 30.6 Å². The number of anilines is 2. The minimum Gasteiger partial charge on any atom is -0.319 e. The number of nitrogens with one attached hydrogen (secondary N) is 2. The Balaban J connectivity index is 1.47. The van der Waals surface area contributed by atoms with E-state index in [-0.39, 0.29) is 10.6 Å². The lowest BCUT2D eigenvalue weighted by Crippen LogP contribution is -2.15. The molecule has 0 spiro atoms. The Hall–Kier alpha value is -4.04. The van der Waals surface area contributed by atoms with Gasteiger partial charge in [-0.3, -0.25) is 9.52 Å². The topological polar surface area (TPSA) is 101 Å². The molecule has 8 heteroatoms. The van der Waals surface area contributed by atoms with Gasteiger partial charge >= 0.3 is 0 Å². The number of benzene rings is 3. The first-order valence-corrected chi connectivity index (χ1v) is 10.9. The van der Waals surface area contributed by atoms with Gasteiger partial charge in [0.15, 0.2) is 5.82 Å². The van der Waals surface area contributed by atoms with E-state index in [9.17, 15) is 13.2 Å². The number of hydrogen-bond acceptors (Lipinski definition) is 5. The van der Waals surface area contributed by atoms with Gasteiger partial charge in [-0.2, -0.15) is 0 Å². The third kappa shape index (κ3) is 4.93. The van der Waals surface area contributed by atoms with Gasteiger partial charge in [0.05, 0.1) is 23.0 Å². The van der Waals surface area contributed by atoms with Crippen LogP contribution in [0.5, 0.6) is 0 Å². The molecule has 0 unspecified atom stereocenters. The molecule has 3 aromatic carbocycles. The molecule has 0 aliphatic heterocycles. The molecular formula is C23H18N4O3S. The van der Waals surface area contributed by atoms with Crippen LogP contribution in [-0.2, 0) is 10.0 Å². The van der Waals surface area contributed by atoms with Crippen molar-refractivity contribution in [2.45, 2.75) is 4.90 Å². The van der Waals surface area contributed by atoms with Crippen molar-refractivity contribution in [3.05, 3.63) is 103 Å². The van der Waals surface area contributed by atoms with Crippen molar-refractivity contribution in [3.8, 4) is 11.4 Å². The Kier molecular flexibility index (Phi) is 5.72. The number of sulfonamides is 1. The van der Waals surface area contributed by atoms with Crippen molar-refractivity contribution in [2.75, 3.05) is 10.0 Å². The van der Waals surface area contributed by atoms with Crippen LogP contribution >= 0.6 is 0 Å². The normalized spacial score (nSPS) is 11.0. The second-order valence-electron chi connectivity index (χ2n) is 6.61. The summed E-state index contributed by atoms with van der Waals surface area (Å²) in [5.74, 6) is 0.146. The standard InChI is InChI=1S/C23H18N4O3S/c28-23(26-20-15-24-22(25-16-20)17-8-3-1-4-9-17)18-10-7-11-19(14-18)27-31(29,30)21-12-5-2-6-13-21/h1-16,27H,(H,26,28). The Bertz CT molecular complexity index is 1290. The molecule has 4 rings (SSSR count). The number of rotatable bonds is 6. The molecule has 0 bridgehead atoms. The van der Waals surface area contributed by atoms with Crippen molar-refractivity contribution in [1.82, 2.24) is 9.97 Å². The van der Waals surface area contributed by atoms with Crippen molar-refractivity contribution >= 4 is 27.3 Å². The van der Waals surface area contributed by atoms with Crippen LogP contribution in [0.15, 0.2) is 102 Å². The fraction of sp³-hybridized carbons (Fsp3) is 0. The second-order valence-corrected chi connectivity index (χ2v) is 8.30. The number of hydrogen-bond donors (Lipinski definition) is 2. The lowest BCUT2D eigenvalue weighted by molar-refractivity contribution is 0.102. The first-order chi connectivity index (χ1) is 15.0. The van der Waals surface area contributed by atoms with E-state index >= 15 is 0 Å². The van der Waals surface area contributed by atoms with Crippen molar-refractivity contribution in [2.24, 2.45) is 0 Å². The van der Waals surface area contributed by atoms with Gasteiger partial charge in [0.1, 0.15) is 0 Å². The summed E-state index contributed by atoms with van der Waals surface area (Å²) >= 11 is 0. The molecule has 0 aliphatic rings. The zero-order valence-electron chi connectivity index (χ0n) is 16.3. The largest absolute Gasteiger partial charge is 0.319 e. The monoisotopic (exact) mass is 430 g/mol. The first kappa shape index (κ1) is 20.2. The Morgan fingerprint density at radius 2 is 1.39 bits per heavy atom. The van der Waals surface area contributed by atoms with Gasteiger partial charge in [-0.1, -0.05) is 54.6 Å². The van der Waals surface area contributed by atoms with E-state index in [1.54, 1.807) is 36.4 Å². The molecule has 1 aromatic heterocycles. The summed E-state index contributed by atoms with van der Waals surface area (Å²) in [5, 5.41) is 2.72. The van der Waals surface area contributed by atoms with Gasteiger partial charge in [0, 0.05) is 16.8 Å². The van der Waals surface area contributed by atoms with Crippen LogP contribution in [0, 0.1) is 0 Å². The SMILES string of the molecule is O=C(Nc1cnc(-c2ccccc2)nc1)c1cccc(NS(=O)(=O)c2ccccc2)c1. The first-order valence-electron chi connectivity index (χ1n) is 9.38. The Morgan fingerprint density at radius 1 is 0.742 bits per heavy atom. The van der Waals surface area contributed by atoms with Crippen LogP contribution in [0.4, 0.5) is 11.4 Å².